The van der Waals surface area contributed by atoms with Gasteiger partial charge in [0, 0.05) is 25.9 Å². The van der Waals surface area contributed by atoms with Crippen molar-refractivity contribution in [3.05, 3.63) is 36.0 Å². The van der Waals surface area contributed by atoms with Crippen molar-refractivity contribution in [1.82, 2.24) is 9.88 Å². The molecule has 0 amide bonds. The molecule has 2 rings (SSSR count). The summed E-state index contributed by atoms with van der Waals surface area (Å²) in [6, 6.07) is 8.50. The van der Waals surface area contributed by atoms with E-state index >= 15 is 0 Å². The second-order valence-corrected chi connectivity index (χ2v) is 3.97. The molecule has 0 bridgehead atoms. The predicted molar refractivity (Wildman–Crippen MR) is 66.4 cm³/mol. The van der Waals surface area contributed by atoms with Gasteiger partial charge in [0.05, 0.1) is 5.52 Å². The molecule has 0 spiro atoms. The molecule has 0 aliphatic heterocycles. The maximum Gasteiger partial charge on any atom is 0.0525 e. The second kappa shape index (κ2) is 5.14. The topological polar surface area (TPSA) is 37.2 Å². The van der Waals surface area contributed by atoms with E-state index in [-0.39, 0.29) is 6.61 Å². The minimum Gasteiger partial charge on any atom is -0.396 e. The van der Waals surface area contributed by atoms with Crippen molar-refractivity contribution in [1.29, 1.82) is 0 Å². The van der Waals surface area contributed by atoms with Crippen molar-refractivity contribution in [3.63, 3.8) is 0 Å². The molecule has 16 heavy (non-hydrogen) atoms. The summed E-state index contributed by atoms with van der Waals surface area (Å²) in [5.41, 5.74) is 2.59. The summed E-state index contributed by atoms with van der Waals surface area (Å²) in [5.74, 6) is 0. The number of benzene rings is 1. The molecule has 0 saturated heterocycles. The zero-order valence-electron chi connectivity index (χ0n) is 9.61. The highest BCUT2D eigenvalue weighted by Gasteiger charge is 2.05. The van der Waals surface area contributed by atoms with E-state index in [1.807, 2.05) is 7.05 Å². The predicted octanol–water partition coefficient (Wildman–Crippen LogP) is 1.74. The molecule has 0 unspecified atom stereocenters. The van der Waals surface area contributed by atoms with Crippen LogP contribution in [0.2, 0.25) is 0 Å². The monoisotopic (exact) mass is 218 g/mol. The van der Waals surface area contributed by atoms with E-state index in [4.69, 9.17) is 5.11 Å². The molecule has 2 aromatic rings. The van der Waals surface area contributed by atoms with Crippen molar-refractivity contribution in [3.8, 4) is 0 Å². The molecule has 1 aromatic heterocycles. The van der Waals surface area contributed by atoms with E-state index in [1.165, 1.54) is 16.5 Å². The lowest BCUT2D eigenvalue weighted by Gasteiger charge is -2.08. The van der Waals surface area contributed by atoms with Crippen molar-refractivity contribution < 1.29 is 5.11 Å². The minimum absolute atomic E-state index is 0.244. The number of fused-ring (bicyclic) bond motifs is 1. The number of hydrogen-bond acceptors (Lipinski definition) is 2. The van der Waals surface area contributed by atoms with Crippen LogP contribution in [0.4, 0.5) is 0 Å². The van der Waals surface area contributed by atoms with Gasteiger partial charge < -0.3 is 15.0 Å². The van der Waals surface area contributed by atoms with Gasteiger partial charge >= 0.3 is 0 Å². The van der Waals surface area contributed by atoms with Crippen LogP contribution in [0.5, 0.6) is 0 Å². The number of nitrogens with one attached hydrogen (secondary N) is 1. The number of nitrogens with zero attached hydrogens (tertiary/aromatic N) is 1. The van der Waals surface area contributed by atoms with Gasteiger partial charge in [-0.05, 0) is 30.5 Å². The molecule has 3 nitrogen and oxygen atoms in total. The number of aromatic nitrogens is 1. The lowest BCUT2D eigenvalue weighted by Crippen LogP contribution is -2.07. The van der Waals surface area contributed by atoms with Crippen LogP contribution in [0, 0.1) is 0 Å². The van der Waals surface area contributed by atoms with Crippen LogP contribution in [0.25, 0.3) is 10.9 Å². The first kappa shape index (κ1) is 11.2. The maximum absolute atomic E-state index is 8.88. The Morgan fingerprint density at radius 3 is 2.94 bits per heavy atom. The Bertz CT molecular complexity index is 462. The van der Waals surface area contributed by atoms with Crippen molar-refractivity contribution in [2.45, 2.75) is 19.5 Å². The van der Waals surface area contributed by atoms with Gasteiger partial charge in [0.2, 0.25) is 0 Å². The molecular formula is C13H18N2O. The summed E-state index contributed by atoms with van der Waals surface area (Å²) in [5, 5.41) is 13.3. The maximum atomic E-state index is 8.88. The summed E-state index contributed by atoms with van der Waals surface area (Å²) in [7, 11) is 1.96. The van der Waals surface area contributed by atoms with Gasteiger partial charge in [0.15, 0.2) is 0 Å². The highest BCUT2D eigenvalue weighted by atomic mass is 16.3. The Kier molecular flexibility index (Phi) is 3.59. The summed E-state index contributed by atoms with van der Waals surface area (Å²) >= 11 is 0. The first-order valence-corrected chi connectivity index (χ1v) is 5.69. The number of aliphatic hydroxyl groups excluding tert-OH is 1. The molecule has 0 saturated carbocycles. The fourth-order valence-corrected chi connectivity index (χ4v) is 2.10. The number of aryl methyl sites for hydroxylation is 1. The van der Waals surface area contributed by atoms with E-state index < -0.39 is 0 Å². The third-order valence-corrected chi connectivity index (χ3v) is 2.80. The molecule has 86 valence electrons. The fraction of sp³-hybridized carbons (Fsp3) is 0.385. The summed E-state index contributed by atoms with van der Waals surface area (Å²) < 4.78 is 2.22. The van der Waals surface area contributed by atoms with E-state index in [2.05, 4.69) is 40.3 Å². The van der Waals surface area contributed by atoms with Gasteiger partial charge in [-0.1, -0.05) is 18.2 Å². The molecule has 0 atom stereocenters. The number of rotatable bonds is 5. The molecular weight excluding hydrogens is 200 g/mol. The molecule has 0 radical (unpaired) electrons. The Morgan fingerprint density at radius 1 is 1.31 bits per heavy atom. The van der Waals surface area contributed by atoms with Crippen molar-refractivity contribution in [2.75, 3.05) is 13.7 Å². The summed E-state index contributed by atoms with van der Waals surface area (Å²) in [4.78, 5) is 0. The molecule has 1 aromatic carbocycles. The van der Waals surface area contributed by atoms with Crippen LogP contribution >= 0.6 is 0 Å². The molecule has 3 heteroatoms. The summed E-state index contributed by atoms with van der Waals surface area (Å²) in [6.45, 7) is 2.00. The highest BCUT2D eigenvalue weighted by molar-refractivity contribution is 5.83. The smallest absolute Gasteiger partial charge is 0.0525 e. The Morgan fingerprint density at radius 2 is 2.19 bits per heavy atom. The first-order chi connectivity index (χ1) is 7.86. The van der Waals surface area contributed by atoms with E-state index in [9.17, 15) is 0 Å². The van der Waals surface area contributed by atoms with Gasteiger partial charge in [-0.15, -0.1) is 0 Å². The van der Waals surface area contributed by atoms with Gasteiger partial charge in [-0.25, -0.2) is 0 Å². The molecule has 0 aliphatic carbocycles. The van der Waals surface area contributed by atoms with Crippen LogP contribution in [-0.4, -0.2) is 23.3 Å². The highest BCUT2D eigenvalue weighted by Crippen LogP contribution is 2.20. The molecule has 0 fully saturated rings. The lowest BCUT2D eigenvalue weighted by molar-refractivity contribution is 0.280. The van der Waals surface area contributed by atoms with Gasteiger partial charge in [-0.2, -0.15) is 0 Å². The van der Waals surface area contributed by atoms with Crippen LogP contribution in [-0.2, 0) is 13.1 Å². The number of para-hydroxylation sites is 1. The average molecular weight is 218 g/mol. The fourth-order valence-electron chi connectivity index (χ4n) is 2.10. The molecule has 2 N–H and O–H groups in total. The lowest BCUT2D eigenvalue weighted by atomic mass is 10.1. The quantitative estimate of drug-likeness (QED) is 0.802. The standard InChI is InChI=1S/C13H18N2O/c1-14-10-12-5-2-4-11-6-8-15(13(11)12)7-3-9-16/h2,4-6,8,14,16H,3,7,9-10H2,1H3. The number of hydrogen-bond donors (Lipinski definition) is 2. The van der Waals surface area contributed by atoms with Gasteiger partial charge in [0.1, 0.15) is 0 Å². The largest absolute Gasteiger partial charge is 0.396 e. The molecule has 1 heterocycles. The van der Waals surface area contributed by atoms with Crippen molar-refractivity contribution >= 4 is 10.9 Å². The summed E-state index contributed by atoms with van der Waals surface area (Å²) in [6.07, 6.45) is 2.90. The average Bonchev–Trinajstić information content (AvgIpc) is 2.71. The van der Waals surface area contributed by atoms with Crippen LogP contribution < -0.4 is 5.32 Å². The first-order valence-electron chi connectivity index (χ1n) is 5.69. The normalized spacial score (nSPS) is 11.1. The van der Waals surface area contributed by atoms with E-state index in [1.54, 1.807) is 0 Å². The van der Waals surface area contributed by atoms with Gasteiger partial charge in [0.25, 0.3) is 0 Å². The minimum atomic E-state index is 0.244. The second-order valence-electron chi connectivity index (χ2n) is 3.97. The Balaban J connectivity index is 2.41. The van der Waals surface area contributed by atoms with Gasteiger partial charge in [-0.3, -0.25) is 0 Å². The Hall–Kier alpha value is -1.32. The Labute approximate surface area is 95.7 Å². The van der Waals surface area contributed by atoms with E-state index in [0.29, 0.717) is 0 Å². The third-order valence-electron chi connectivity index (χ3n) is 2.80. The van der Waals surface area contributed by atoms with Crippen LogP contribution in [0.3, 0.4) is 0 Å². The van der Waals surface area contributed by atoms with Crippen LogP contribution in [0.15, 0.2) is 30.5 Å². The zero-order valence-corrected chi connectivity index (χ0v) is 9.61. The zero-order chi connectivity index (χ0) is 11.4. The SMILES string of the molecule is CNCc1cccc2ccn(CCCO)c12. The third kappa shape index (κ3) is 2.10. The van der Waals surface area contributed by atoms with Crippen LogP contribution in [0.1, 0.15) is 12.0 Å². The van der Waals surface area contributed by atoms with E-state index in [0.717, 1.165) is 19.5 Å². The van der Waals surface area contributed by atoms with Crippen molar-refractivity contribution in [2.24, 2.45) is 0 Å². The molecule has 0 aliphatic rings. The number of aliphatic hydroxyl groups is 1.